The molecular weight excluding hydrogens is 961 g/mol. The van der Waals surface area contributed by atoms with Crippen molar-refractivity contribution in [2.24, 2.45) is 0 Å². The van der Waals surface area contributed by atoms with Crippen LogP contribution in [0.1, 0.15) is 122 Å². The molecule has 0 spiro atoms. The van der Waals surface area contributed by atoms with Gasteiger partial charge in [0, 0.05) is 0 Å². The van der Waals surface area contributed by atoms with E-state index in [1.807, 2.05) is 0 Å². The van der Waals surface area contributed by atoms with Crippen molar-refractivity contribution in [1.29, 1.82) is 0 Å². The van der Waals surface area contributed by atoms with E-state index in [1.165, 1.54) is 175 Å². The molecule has 0 unspecified atom stereocenters. The first kappa shape index (κ1) is 61.4. The number of rotatable bonds is 15. The molecule has 0 aliphatic heterocycles. The van der Waals surface area contributed by atoms with Crippen molar-refractivity contribution in [3.8, 4) is 55.6 Å². The largest absolute Gasteiger partial charge is 0.0651 e. The second-order valence-electron chi connectivity index (χ2n) is 21.6. The summed E-state index contributed by atoms with van der Waals surface area (Å²) < 4.78 is 0. The predicted octanol–water partition coefficient (Wildman–Crippen LogP) is 23.1. The Balaban J connectivity index is 0.000000161. The van der Waals surface area contributed by atoms with E-state index in [0.29, 0.717) is 0 Å². The third-order valence-corrected chi connectivity index (χ3v) is 14.4. The molecule has 0 radical (unpaired) electrons. The summed E-state index contributed by atoms with van der Waals surface area (Å²) in [5.74, 6) is 0. The minimum Gasteiger partial charge on any atom is -0.0651 e. The van der Waals surface area contributed by atoms with Crippen LogP contribution in [0.2, 0.25) is 0 Å². The van der Waals surface area contributed by atoms with E-state index in [2.05, 4.69) is 312 Å². The highest BCUT2D eigenvalue weighted by molar-refractivity contribution is 5.67. The molecule has 0 aliphatic rings. The summed E-state index contributed by atoms with van der Waals surface area (Å²) in [6.45, 7) is 21.7. The van der Waals surface area contributed by atoms with Gasteiger partial charge in [-0.05, 0) is 150 Å². The highest BCUT2D eigenvalue weighted by Gasteiger charge is 2.02. The average Bonchev–Trinajstić information content (AvgIpc) is 3.49. The van der Waals surface area contributed by atoms with E-state index in [9.17, 15) is 0 Å². The summed E-state index contributed by atoms with van der Waals surface area (Å²) in [7, 11) is 0. The van der Waals surface area contributed by atoms with Crippen molar-refractivity contribution in [3.63, 3.8) is 0 Å². The van der Waals surface area contributed by atoms with E-state index in [1.54, 1.807) is 0 Å². The van der Waals surface area contributed by atoms with Gasteiger partial charge in [-0.2, -0.15) is 0 Å². The molecule has 0 saturated carbocycles. The van der Waals surface area contributed by atoms with Gasteiger partial charge in [-0.15, -0.1) is 0 Å². The Bertz CT molecular complexity index is 2700. The van der Waals surface area contributed by atoms with E-state index < -0.39 is 0 Å². The zero-order valence-corrected chi connectivity index (χ0v) is 50.2. The van der Waals surface area contributed by atoms with Crippen LogP contribution in [-0.2, 0) is 32.1 Å². The lowest BCUT2D eigenvalue weighted by molar-refractivity contribution is 0.922. The van der Waals surface area contributed by atoms with Gasteiger partial charge in [0.25, 0.3) is 0 Å². The molecule has 10 aromatic rings. The van der Waals surface area contributed by atoms with Gasteiger partial charge >= 0.3 is 0 Å². The minimum atomic E-state index is 1.17. The maximum atomic E-state index is 2.23. The fraction of sp³-hybridized carbons (Fsp3) is 0.250. The third-order valence-electron chi connectivity index (χ3n) is 14.4. The molecule has 0 bridgehead atoms. The lowest BCUT2D eigenvalue weighted by Gasteiger charge is -2.04. The topological polar surface area (TPSA) is 0 Å². The fourth-order valence-corrected chi connectivity index (χ4v) is 9.49. The first-order valence-electron chi connectivity index (χ1n) is 29.8. The first-order valence-corrected chi connectivity index (χ1v) is 29.8. The van der Waals surface area contributed by atoms with Crippen molar-refractivity contribution in [2.45, 2.75) is 133 Å². The van der Waals surface area contributed by atoms with Crippen LogP contribution < -0.4 is 0 Å². The van der Waals surface area contributed by atoms with Crippen LogP contribution >= 0.6 is 0 Å². The van der Waals surface area contributed by atoms with Crippen molar-refractivity contribution < 1.29 is 0 Å². The molecule has 0 nitrogen and oxygen atoms in total. The molecule has 10 aromatic carbocycles. The molecule has 80 heavy (non-hydrogen) atoms. The minimum absolute atomic E-state index is 1.17. The van der Waals surface area contributed by atoms with Crippen LogP contribution in [0.3, 0.4) is 0 Å². The van der Waals surface area contributed by atoms with Crippen molar-refractivity contribution >= 4 is 0 Å². The Kier molecular flexibility index (Phi) is 25.8. The van der Waals surface area contributed by atoms with Gasteiger partial charge in [0.2, 0.25) is 0 Å². The molecule has 0 N–H and O–H groups in total. The summed E-state index contributed by atoms with van der Waals surface area (Å²) in [6, 6.07) is 88.0. The van der Waals surface area contributed by atoms with Crippen LogP contribution in [0.5, 0.6) is 0 Å². The van der Waals surface area contributed by atoms with Gasteiger partial charge in [-0.25, -0.2) is 0 Å². The van der Waals surface area contributed by atoms with E-state index >= 15 is 0 Å². The Labute approximate surface area is 484 Å². The summed E-state index contributed by atoms with van der Waals surface area (Å²) >= 11 is 0. The lowest BCUT2D eigenvalue weighted by atomic mass is 10.0. The molecule has 0 aromatic heterocycles. The molecule has 0 heterocycles. The van der Waals surface area contributed by atoms with Crippen LogP contribution in [0.15, 0.2) is 243 Å². The molecule has 410 valence electrons. The Hall–Kier alpha value is -7.80. The number of benzene rings is 10. The summed E-state index contributed by atoms with van der Waals surface area (Å²) in [6.07, 6.45) is 11.9. The second kappa shape index (κ2) is 33.6. The summed E-state index contributed by atoms with van der Waals surface area (Å²) in [5.41, 5.74) is 26.7. The highest BCUT2D eigenvalue weighted by atomic mass is 14.1. The number of hydrogen-bond donors (Lipinski definition) is 0. The zero-order chi connectivity index (χ0) is 56.9. The fourth-order valence-electron chi connectivity index (χ4n) is 9.49. The standard InChI is InChI=1S/5C16H18/c5*1-3-4-14-7-11-16(12-8-14)15-9-5-13(2)6-10-15/h5*5-12H,3-4H2,1-2H3. The number of aryl methyl sites for hydroxylation is 10. The summed E-state index contributed by atoms with van der Waals surface area (Å²) in [4.78, 5) is 0. The van der Waals surface area contributed by atoms with Gasteiger partial charge in [-0.3, -0.25) is 0 Å². The van der Waals surface area contributed by atoms with Crippen LogP contribution in [0.4, 0.5) is 0 Å². The molecule has 0 aliphatic carbocycles. The van der Waals surface area contributed by atoms with Gasteiger partial charge in [0.05, 0.1) is 0 Å². The predicted molar refractivity (Wildman–Crippen MR) is 353 cm³/mol. The molecule has 0 amide bonds. The molecule has 0 atom stereocenters. The molecule has 10 rings (SSSR count). The van der Waals surface area contributed by atoms with Crippen molar-refractivity contribution in [2.75, 3.05) is 0 Å². The van der Waals surface area contributed by atoms with Gasteiger partial charge in [0.15, 0.2) is 0 Å². The van der Waals surface area contributed by atoms with E-state index in [0.717, 1.165) is 0 Å². The van der Waals surface area contributed by atoms with E-state index in [-0.39, 0.29) is 0 Å². The quantitative estimate of drug-likeness (QED) is 0.0960. The third kappa shape index (κ3) is 20.8. The smallest absolute Gasteiger partial charge is 0.0184 e. The lowest BCUT2D eigenvalue weighted by Crippen LogP contribution is -1.83. The monoisotopic (exact) mass is 1050 g/mol. The molecule has 0 saturated heterocycles. The number of hydrogen-bond acceptors (Lipinski definition) is 0. The van der Waals surface area contributed by atoms with E-state index in [4.69, 9.17) is 0 Å². The van der Waals surface area contributed by atoms with Gasteiger partial charge < -0.3 is 0 Å². The Morgan fingerprint density at radius 1 is 0.150 bits per heavy atom. The first-order chi connectivity index (χ1) is 39.0. The maximum absolute atomic E-state index is 2.23. The SMILES string of the molecule is CCCc1ccc(-c2ccc(C)cc2)cc1.CCCc1ccc(-c2ccc(C)cc2)cc1.CCCc1ccc(-c2ccc(C)cc2)cc1.CCCc1ccc(-c2ccc(C)cc2)cc1.CCCc1ccc(-c2ccc(C)cc2)cc1. The van der Waals surface area contributed by atoms with Gasteiger partial charge in [0.1, 0.15) is 0 Å². The Morgan fingerprint density at radius 3 is 0.350 bits per heavy atom. The summed E-state index contributed by atoms with van der Waals surface area (Å²) in [5, 5.41) is 0. The highest BCUT2D eigenvalue weighted by Crippen LogP contribution is 2.25. The van der Waals surface area contributed by atoms with Crippen LogP contribution in [0, 0.1) is 34.6 Å². The normalized spacial score (nSPS) is 10.4. The van der Waals surface area contributed by atoms with Crippen LogP contribution in [0.25, 0.3) is 55.6 Å². The molecule has 0 fully saturated rings. The molecular formula is C80H90. The maximum Gasteiger partial charge on any atom is -0.0184 e. The Morgan fingerprint density at radius 2 is 0.250 bits per heavy atom. The van der Waals surface area contributed by atoms with Gasteiger partial charge in [-0.1, -0.05) is 337 Å². The second-order valence-corrected chi connectivity index (χ2v) is 21.6. The van der Waals surface area contributed by atoms with Crippen molar-refractivity contribution in [1.82, 2.24) is 0 Å². The van der Waals surface area contributed by atoms with Crippen LogP contribution in [-0.4, -0.2) is 0 Å². The molecule has 0 heteroatoms. The zero-order valence-electron chi connectivity index (χ0n) is 50.2. The average molecular weight is 1050 g/mol. The van der Waals surface area contributed by atoms with Crippen molar-refractivity contribution in [3.05, 3.63) is 298 Å².